The van der Waals surface area contributed by atoms with Gasteiger partial charge in [-0.05, 0) is 46.2 Å². The van der Waals surface area contributed by atoms with Gasteiger partial charge in [0.05, 0.1) is 29.4 Å². The predicted molar refractivity (Wildman–Crippen MR) is 111 cm³/mol. The van der Waals surface area contributed by atoms with Crippen molar-refractivity contribution in [1.82, 2.24) is 10.3 Å². The zero-order valence-electron chi connectivity index (χ0n) is 18.2. The minimum atomic E-state index is -3.18. The molecule has 1 fully saturated rings. The van der Waals surface area contributed by atoms with Gasteiger partial charge in [0.25, 0.3) is 11.8 Å². The molecule has 0 aliphatic carbocycles. The first kappa shape index (κ1) is 22.8. The molecule has 1 saturated heterocycles. The number of ether oxygens (including phenoxy) is 1. The van der Waals surface area contributed by atoms with Crippen molar-refractivity contribution in [3.05, 3.63) is 28.7 Å². The number of anilines is 1. The van der Waals surface area contributed by atoms with E-state index in [1.807, 2.05) is 0 Å². The number of carbonyl (C=O) groups excluding carboxylic acids is 2. The number of alkyl carbamates (subject to hydrolysis) is 1. The molecule has 7 nitrogen and oxygen atoms in total. The van der Waals surface area contributed by atoms with Gasteiger partial charge in [-0.1, -0.05) is 0 Å². The molecule has 1 aliphatic rings. The number of nitrogens with zero attached hydrogens (tertiary/aromatic N) is 1. The van der Waals surface area contributed by atoms with Crippen LogP contribution < -0.4 is 16.0 Å². The number of nitrogens with one attached hydrogen (secondary N) is 2. The normalized spacial score (nSPS) is 18.8. The lowest BCUT2D eigenvalue weighted by molar-refractivity contribution is -0.0230. The van der Waals surface area contributed by atoms with Gasteiger partial charge >= 0.3 is 6.09 Å². The topological polar surface area (TPSA) is 100 Å². The van der Waals surface area contributed by atoms with E-state index in [0.29, 0.717) is 22.2 Å². The van der Waals surface area contributed by atoms with Gasteiger partial charge in [-0.15, -0.1) is 0 Å². The van der Waals surface area contributed by atoms with Gasteiger partial charge in [0.15, 0.2) is 0 Å². The van der Waals surface area contributed by atoms with E-state index in [0.717, 1.165) is 6.07 Å². The molecular weight excluding hydrogens is 413 g/mol. The minimum Gasteiger partial charge on any atom is -0.444 e. The largest absolute Gasteiger partial charge is 0.444 e. The van der Waals surface area contributed by atoms with E-state index < -0.39 is 48.3 Å². The Morgan fingerprint density at radius 3 is 2.55 bits per heavy atom. The Labute approximate surface area is 178 Å². The van der Waals surface area contributed by atoms with Crippen LogP contribution in [0.1, 0.15) is 48.8 Å². The molecule has 4 N–H and O–H groups in total. The molecule has 1 aromatic heterocycles. The highest BCUT2D eigenvalue weighted by molar-refractivity contribution is 6.10. The highest BCUT2D eigenvalue weighted by Gasteiger charge is 2.43. The number of benzene rings is 1. The molecule has 0 bridgehead atoms. The van der Waals surface area contributed by atoms with E-state index in [1.54, 1.807) is 34.6 Å². The van der Waals surface area contributed by atoms with Crippen molar-refractivity contribution in [2.24, 2.45) is 5.73 Å². The maximum atomic E-state index is 15.2. The van der Waals surface area contributed by atoms with E-state index in [4.69, 9.17) is 10.5 Å². The second-order valence-electron chi connectivity index (χ2n) is 9.03. The predicted octanol–water partition coefficient (Wildman–Crippen LogP) is 3.76. The smallest absolute Gasteiger partial charge is 0.407 e. The number of aromatic nitrogens is 1. The van der Waals surface area contributed by atoms with Crippen LogP contribution in [-0.4, -0.2) is 47.6 Å². The third kappa shape index (κ3) is 4.72. The lowest BCUT2D eigenvalue weighted by Gasteiger charge is -2.39. The van der Waals surface area contributed by atoms with Gasteiger partial charge in [-0.25, -0.2) is 18.0 Å². The van der Waals surface area contributed by atoms with Crippen LogP contribution in [0.3, 0.4) is 0 Å². The van der Waals surface area contributed by atoms with Gasteiger partial charge < -0.3 is 25.7 Å². The van der Waals surface area contributed by atoms with Crippen molar-refractivity contribution in [3.8, 4) is 0 Å². The number of nitrogens with two attached hydrogens (primary N) is 1. The van der Waals surface area contributed by atoms with Crippen molar-refractivity contribution in [2.45, 2.75) is 58.6 Å². The Bertz CT molecular complexity index is 1040. The number of rotatable bonds is 3. The first-order valence-corrected chi connectivity index (χ1v) is 9.92. The van der Waals surface area contributed by atoms with E-state index in [9.17, 15) is 18.4 Å². The van der Waals surface area contributed by atoms with Crippen molar-refractivity contribution >= 4 is 28.6 Å². The molecule has 0 radical (unpaired) electrons. The standard InChI is InChI=1S/C21H27F3N4O3/c1-10-11(2)26-16-13(18(25)29)6-14(22)17(15(10)16)28-8-12(7-21(23,24)9-28)27-19(30)31-20(3,4)5/h6,12,26H,7-9H2,1-5H3,(H2,25,29)(H,27,30)/t12-/m0/s1. The third-order valence-electron chi connectivity index (χ3n) is 5.21. The van der Waals surface area contributed by atoms with Crippen molar-refractivity contribution < 1.29 is 27.5 Å². The Morgan fingerprint density at radius 2 is 1.97 bits per heavy atom. The zero-order chi connectivity index (χ0) is 23.3. The minimum absolute atomic E-state index is 0.0551. The molecule has 1 aromatic carbocycles. The van der Waals surface area contributed by atoms with Crippen LogP contribution in [0.5, 0.6) is 0 Å². The monoisotopic (exact) mass is 440 g/mol. The van der Waals surface area contributed by atoms with Crippen molar-refractivity contribution in [1.29, 1.82) is 0 Å². The van der Waals surface area contributed by atoms with Crippen LogP contribution in [0, 0.1) is 19.7 Å². The first-order valence-electron chi connectivity index (χ1n) is 9.92. The first-order chi connectivity index (χ1) is 14.2. The summed E-state index contributed by atoms with van der Waals surface area (Å²) in [5.74, 6) is -4.85. The number of aryl methyl sites for hydroxylation is 2. The van der Waals surface area contributed by atoms with Crippen LogP contribution in [-0.2, 0) is 4.74 Å². The lowest BCUT2D eigenvalue weighted by Crippen LogP contribution is -2.56. The van der Waals surface area contributed by atoms with Crippen LogP contribution in [0.15, 0.2) is 6.07 Å². The summed E-state index contributed by atoms with van der Waals surface area (Å²) in [6.45, 7) is 7.65. The third-order valence-corrected chi connectivity index (χ3v) is 5.21. The van der Waals surface area contributed by atoms with Crippen LogP contribution in [0.4, 0.5) is 23.7 Å². The summed E-state index contributed by atoms with van der Waals surface area (Å²) in [5, 5.41) is 2.78. The number of primary amides is 1. The summed E-state index contributed by atoms with van der Waals surface area (Å²) >= 11 is 0. The second kappa shape index (κ2) is 7.65. The number of fused-ring (bicyclic) bond motifs is 1. The van der Waals surface area contributed by atoms with E-state index in [2.05, 4.69) is 10.3 Å². The number of piperidine rings is 1. The summed E-state index contributed by atoms with van der Waals surface area (Å²) in [7, 11) is 0. The van der Waals surface area contributed by atoms with Crippen molar-refractivity contribution in [2.75, 3.05) is 18.0 Å². The molecule has 0 saturated carbocycles. The number of hydrogen-bond donors (Lipinski definition) is 3. The highest BCUT2D eigenvalue weighted by atomic mass is 19.3. The summed E-state index contributed by atoms with van der Waals surface area (Å²) in [5.41, 5.74) is 6.07. The fourth-order valence-corrected chi connectivity index (χ4v) is 3.95. The number of alkyl halides is 2. The Morgan fingerprint density at radius 1 is 1.32 bits per heavy atom. The second-order valence-corrected chi connectivity index (χ2v) is 9.03. The molecule has 0 unspecified atom stereocenters. The number of carbonyl (C=O) groups is 2. The van der Waals surface area contributed by atoms with Gasteiger partial charge in [0.2, 0.25) is 0 Å². The Hall–Kier alpha value is -2.91. The summed E-state index contributed by atoms with van der Waals surface area (Å²) in [6, 6.07) is -0.0115. The molecule has 0 spiro atoms. The number of amides is 2. The fourth-order valence-electron chi connectivity index (χ4n) is 3.95. The molecule has 10 heteroatoms. The van der Waals surface area contributed by atoms with E-state index >= 15 is 4.39 Å². The summed E-state index contributed by atoms with van der Waals surface area (Å²) in [6.07, 6.45) is -1.42. The fraction of sp³-hybridized carbons (Fsp3) is 0.524. The van der Waals surface area contributed by atoms with Gasteiger partial charge in [0.1, 0.15) is 11.4 Å². The summed E-state index contributed by atoms with van der Waals surface area (Å²) < 4.78 is 49.5. The molecule has 2 amide bonds. The number of halogens is 3. The lowest BCUT2D eigenvalue weighted by atomic mass is 9.98. The molecular formula is C21H27F3N4O3. The number of hydrogen-bond acceptors (Lipinski definition) is 4. The molecule has 31 heavy (non-hydrogen) atoms. The highest BCUT2D eigenvalue weighted by Crippen LogP contribution is 2.39. The number of H-pyrrole nitrogens is 1. The molecule has 170 valence electrons. The average Bonchev–Trinajstić information content (AvgIpc) is 2.86. The van der Waals surface area contributed by atoms with Crippen LogP contribution in [0.25, 0.3) is 10.9 Å². The average molecular weight is 440 g/mol. The molecule has 1 atom stereocenters. The van der Waals surface area contributed by atoms with Crippen LogP contribution >= 0.6 is 0 Å². The molecule has 2 heterocycles. The molecule has 3 rings (SSSR count). The van der Waals surface area contributed by atoms with Crippen molar-refractivity contribution in [3.63, 3.8) is 0 Å². The zero-order valence-corrected chi connectivity index (χ0v) is 18.2. The number of aromatic amines is 1. The SMILES string of the molecule is Cc1[nH]c2c(C(N)=O)cc(F)c(N3C[C@@H](NC(=O)OC(C)(C)C)CC(F)(F)C3)c2c1C. The van der Waals surface area contributed by atoms with E-state index in [-0.39, 0.29) is 17.8 Å². The molecule has 1 aliphatic heterocycles. The quantitative estimate of drug-likeness (QED) is 0.677. The Kier molecular flexibility index (Phi) is 5.62. The maximum Gasteiger partial charge on any atom is 0.407 e. The summed E-state index contributed by atoms with van der Waals surface area (Å²) in [4.78, 5) is 28.1. The van der Waals surface area contributed by atoms with Gasteiger partial charge in [0, 0.05) is 24.0 Å². The van der Waals surface area contributed by atoms with Crippen LogP contribution in [0.2, 0.25) is 0 Å². The maximum absolute atomic E-state index is 15.2. The molecule has 2 aromatic rings. The van der Waals surface area contributed by atoms with E-state index in [1.165, 1.54) is 4.90 Å². The Balaban J connectivity index is 2.03. The van der Waals surface area contributed by atoms with Gasteiger partial charge in [-0.2, -0.15) is 0 Å². The van der Waals surface area contributed by atoms with Gasteiger partial charge in [-0.3, -0.25) is 4.79 Å².